The summed E-state index contributed by atoms with van der Waals surface area (Å²) in [4.78, 5) is 14.5. The zero-order valence-corrected chi connectivity index (χ0v) is 16.0. The van der Waals surface area contributed by atoms with Crippen molar-refractivity contribution in [2.24, 2.45) is 0 Å². The van der Waals surface area contributed by atoms with Crippen LogP contribution in [0.2, 0.25) is 0 Å². The molecule has 2 rings (SSSR count). The highest BCUT2D eigenvalue weighted by Gasteiger charge is 2.34. The molecule has 7 heteroatoms. The van der Waals surface area contributed by atoms with Crippen molar-refractivity contribution in [3.63, 3.8) is 0 Å². The van der Waals surface area contributed by atoms with E-state index >= 15 is 0 Å². The topological polar surface area (TPSA) is 50.8 Å². The number of nitrogens with one attached hydrogen (secondary N) is 1. The number of thiophene rings is 1. The van der Waals surface area contributed by atoms with Gasteiger partial charge in [0.2, 0.25) is 0 Å². The SMILES string of the molecule is CCOCCCN1C(=S)NC(c2ccsc2)C(C(=O)OCC)=C1C. The number of ether oxygens (including phenoxy) is 2. The maximum Gasteiger partial charge on any atom is 0.338 e. The van der Waals surface area contributed by atoms with Gasteiger partial charge in [-0.15, -0.1) is 0 Å². The Hall–Kier alpha value is -1.44. The number of thiocarbonyl (C=S) groups is 1. The third-order valence-corrected chi connectivity index (χ3v) is 4.88. The van der Waals surface area contributed by atoms with E-state index in [4.69, 9.17) is 21.7 Å². The molecule has 132 valence electrons. The number of nitrogens with zero attached hydrogens (tertiary/aromatic N) is 1. The molecule has 0 bridgehead atoms. The van der Waals surface area contributed by atoms with E-state index in [0.29, 0.717) is 37.1 Å². The van der Waals surface area contributed by atoms with Crippen molar-refractivity contribution in [1.82, 2.24) is 10.2 Å². The first-order valence-corrected chi connectivity index (χ1v) is 9.51. The molecule has 1 aromatic rings. The number of esters is 1. The smallest absolute Gasteiger partial charge is 0.338 e. The zero-order chi connectivity index (χ0) is 17.5. The molecule has 5 nitrogen and oxygen atoms in total. The van der Waals surface area contributed by atoms with Gasteiger partial charge in [-0.3, -0.25) is 0 Å². The Bertz CT molecular complexity index is 599. The summed E-state index contributed by atoms with van der Waals surface area (Å²) in [7, 11) is 0. The van der Waals surface area contributed by atoms with Crippen molar-refractivity contribution in [1.29, 1.82) is 0 Å². The standard InChI is InChI=1S/C17H24N2O3S2/c1-4-21-9-6-8-19-12(3)14(16(20)22-5-2)15(18-17(19)23)13-7-10-24-11-13/h7,10-11,15H,4-6,8-9H2,1-3H3,(H,18,23). The van der Waals surface area contributed by atoms with Crippen molar-refractivity contribution in [3.05, 3.63) is 33.7 Å². The first-order valence-electron chi connectivity index (χ1n) is 8.15. The maximum atomic E-state index is 12.5. The number of hydrogen-bond donors (Lipinski definition) is 1. The zero-order valence-electron chi connectivity index (χ0n) is 14.3. The first kappa shape index (κ1) is 18.9. The van der Waals surface area contributed by atoms with E-state index in [2.05, 4.69) is 5.32 Å². The van der Waals surface area contributed by atoms with Gasteiger partial charge in [-0.1, -0.05) is 0 Å². The van der Waals surface area contributed by atoms with Gasteiger partial charge < -0.3 is 19.7 Å². The van der Waals surface area contributed by atoms with Gasteiger partial charge in [-0.05, 0) is 61.8 Å². The molecule has 1 aromatic heterocycles. The summed E-state index contributed by atoms with van der Waals surface area (Å²) in [5.41, 5.74) is 2.50. The van der Waals surface area contributed by atoms with Crippen LogP contribution >= 0.6 is 23.6 Å². The van der Waals surface area contributed by atoms with Crippen LogP contribution in [-0.2, 0) is 14.3 Å². The highest BCUT2D eigenvalue weighted by Crippen LogP contribution is 2.32. The Morgan fingerprint density at radius 3 is 2.83 bits per heavy atom. The monoisotopic (exact) mass is 368 g/mol. The summed E-state index contributed by atoms with van der Waals surface area (Å²) in [5, 5.41) is 7.94. The highest BCUT2D eigenvalue weighted by molar-refractivity contribution is 7.80. The molecule has 0 aromatic carbocycles. The Balaban J connectivity index is 2.28. The van der Waals surface area contributed by atoms with E-state index in [-0.39, 0.29) is 12.0 Å². The largest absolute Gasteiger partial charge is 0.463 e. The van der Waals surface area contributed by atoms with E-state index in [9.17, 15) is 4.79 Å². The molecule has 2 heterocycles. The summed E-state index contributed by atoms with van der Waals surface area (Å²) in [5.74, 6) is -0.295. The van der Waals surface area contributed by atoms with Crippen molar-refractivity contribution in [3.8, 4) is 0 Å². The average molecular weight is 369 g/mol. The molecule has 0 radical (unpaired) electrons. The summed E-state index contributed by atoms with van der Waals surface area (Å²) in [6.45, 7) is 8.14. The molecule has 0 fully saturated rings. The fourth-order valence-corrected chi connectivity index (χ4v) is 3.71. The van der Waals surface area contributed by atoms with E-state index < -0.39 is 0 Å². The Kier molecular flexibility index (Phi) is 7.20. The Labute approximate surface area is 152 Å². The van der Waals surface area contributed by atoms with Crippen LogP contribution in [0.1, 0.15) is 38.8 Å². The van der Waals surface area contributed by atoms with Crippen LogP contribution in [0.15, 0.2) is 28.1 Å². The predicted octanol–water partition coefficient (Wildman–Crippen LogP) is 3.24. The molecular weight excluding hydrogens is 344 g/mol. The molecule has 0 saturated carbocycles. The summed E-state index contributed by atoms with van der Waals surface area (Å²) < 4.78 is 10.7. The molecule has 0 amide bonds. The lowest BCUT2D eigenvalue weighted by molar-refractivity contribution is -0.139. The van der Waals surface area contributed by atoms with Crippen LogP contribution in [-0.4, -0.2) is 42.3 Å². The first-order chi connectivity index (χ1) is 11.6. The molecule has 1 aliphatic rings. The predicted molar refractivity (Wildman–Crippen MR) is 99.9 cm³/mol. The highest BCUT2D eigenvalue weighted by atomic mass is 32.1. The van der Waals surface area contributed by atoms with Gasteiger partial charge in [0, 0.05) is 25.5 Å². The van der Waals surface area contributed by atoms with E-state index in [0.717, 1.165) is 17.7 Å². The quantitative estimate of drug-likeness (QED) is 0.432. The lowest BCUT2D eigenvalue weighted by Gasteiger charge is -2.37. The summed E-state index contributed by atoms with van der Waals surface area (Å²) in [6.07, 6.45) is 0.840. The summed E-state index contributed by atoms with van der Waals surface area (Å²) in [6, 6.07) is 1.74. The Morgan fingerprint density at radius 2 is 2.21 bits per heavy atom. The van der Waals surface area contributed by atoms with Gasteiger partial charge in [-0.2, -0.15) is 11.3 Å². The van der Waals surface area contributed by atoms with Crippen LogP contribution in [0.25, 0.3) is 0 Å². The van der Waals surface area contributed by atoms with Gasteiger partial charge in [0.1, 0.15) is 0 Å². The second kappa shape index (κ2) is 9.15. The molecule has 1 N–H and O–H groups in total. The molecule has 1 unspecified atom stereocenters. The van der Waals surface area contributed by atoms with E-state index in [1.54, 1.807) is 11.3 Å². The van der Waals surface area contributed by atoms with Crippen molar-refractivity contribution < 1.29 is 14.3 Å². The van der Waals surface area contributed by atoms with Gasteiger partial charge in [0.25, 0.3) is 0 Å². The second-order valence-corrected chi connectivity index (χ2v) is 6.53. The molecule has 0 aliphatic carbocycles. The Morgan fingerprint density at radius 1 is 1.42 bits per heavy atom. The fourth-order valence-electron chi connectivity index (χ4n) is 2.68. The fraction of sp³-hybridized carbons (Fsp3) is 0.529. The second-order valence-electron chi connectivity index (χ2n) is 5.36. The number of carbonyl (C=O) groups is 1. The third-order valence-electron chi connectivity index (χ3n) is 3.84. The van der Waals surface area contributed by atoms with Gasteiger partial charge in [0.15, 0.2) is 5.11 Å². The average Bonchev–Trinajstić information content (AvgIpc) is 3.08. The molecule has 1 atom stereocenters. The lowest BCUT2D eigenvalue weighted by atomic mass is 9.97. The van der Waals surface area contributed by atoms with Crippen LogP contribution < -0.4 is 5.32 Å². The summed E-state index contributed by atoms with van der Waals surface area (Å²) >= 11 is 7.12. The number of allylic oxidation sites excluding steroid dienone is 1. The van der Waals surface area contributed by atoms with Gasteiger partial charge in [0.05, 0.1) is 18.2 Å². The molecule has 0 spiro atoms. The third kappa shape index (κ3) is 4.34. The van der Waals surface area contributed by atoms with E-state index in [1.807, 2.05) is 42.5 Å². The van der Waals surface area contributed by atoms with Gasteiger partial charge in [-0.25, -0.2) is 4.79 Å². The lowest BCUT2D eigenvalue weighted by Crippen LogP contribution is -2.48. The molecular formula is C17H24N2O3S2. The van der Waals surface area contributed by atoms with Crippen molar-refractivity contribution in [2.45, 2.75) is 33.2 Å². The molecule has 0 saturated heterocycles. The van der Waals surface area contributed by atoms with Crippen LogP contribution in [0.5, 0.6) is 0 Å². The minimum atomic E-state index is -0.295. The minimum absolute atomic E-state index is 0.258. The molecule has 24 heavy (non-hydrogen) atoms. The van der Waals surface area contributed by atoms with Crippen molar-refractivity contribution >= 4 is 34.6 Å². The van der Waals surface area contributed by atoms with E-state index in [1.165, 1.54) is 0 Å². The van der Waals surface area contributed by atoms with Crippen molar-refractivity contribution in [2.75, 3.05) is 26.4 Å². The number of rotatable bonds is 8. The van der Waals surface area contributed by atoms with Crippen LogP contribution in [0.4, 0.5) is 0 Å². The van der Waals surface area contributed by atoms with Crippen LogP contribution in [0, 0.1) is 0 Å². The number of carbonyl (C=O) groups excluding carboxylic acids is 1. The minimum Gasteiger partial charge on any atom is -0.463 e. The normalized spacial score (nSPS) is 17.9. The van der Waals surface area contributed by atoms with Gasteiger partial charge >= 0.3 is 5.97 Å². The number of hydrogen-bond acceptors (Lipinski definition) is 5. The van der Waals surface area contributed by atoms with Crippen LogP contribution in [0.3, 0.4) is 0 Å². The molecule has 1 aliphatic heterocycles. The maximum absolute atomic E-state index is 12.5.